The van der Waals surface area contributed by atoms with Crippen LogP contribution in [0.15, 0.2) is 0 Å². The highest BCUT2D eigenvalue weighted by Gasteiger charge is 2.18. The number of hydrogen-bond acceptors (Lipinski definition) is 4. The second kappa shape index (κ2) is 3.18. The number of tetrazole rings is 1. The summed E-state index contributed by atoms with van der Waals surface area (Å²) in [7, 11) is 1.88. The van der Waals surface area contributed by atoms with Crippen LogP contribution in [0.1, 0.15) is 26.6 Å². The van der Waals surface area contributed by atoms with Gasteiger partial charge in [0.1, 0.15) is 0 Å². The summed E-state index contributed by atoms with van der Waals surface area (Å²) in [6, 6.07) is 0. The minimum absolute atomic E-state index is 0.0459. The van der Waals surface area contributed by atoms with Gasteiger partial charge in [0.15, 0.2) is 5.82 Å². The Labute approximate surface area is 72.2 Å². The Bertz CT molecular complexity index is 247. The molecule has 0 aromatic carbocycles. The lowest BCUT2D eigenvalue weighted by atomic mass is 10.1. The van der Waals surface area contributed by atoms with Crippen LogP contribution in [0.2, 0.25) is 0 Å². The summed E-state index contributed by atoms with van der Waals surface area (Å²) in [6.45, 7) is 6.91. The highest BCUT2D eigenvalue weighted by atomic mass is 15.6. The summed E-state index contributed by atoms with van der Waals surface area (Å²) in [5.41, 5.74) is -0.0459. The van der Waals surface area contributed by atoms with Crippen LogP contribution in [0, 0.1) is 0 Å². The van der Waals surface area contributed by atoms with Gasteiger partial charge in [-0.05, 0) is 38.2 Å². The van der Waals surface area contributed by atoms with Gasteiger partial charge in [0.2, 0.25) is 0 Å². The molecular formula is C7H15N5. The Hall–Kier alpha value is -0.970. The standard InChI is InChI=1S/C7H15N5/c1-7(2,3)12-6(5-8-4)9-10-11-12/h8H,5H2,1-4H3. The maximum absolute atomic E-state index is 3.92. The number of rotatable bonds is 2. The Balaban J connectivity index is 2.91. The van der Waals surface area contributed by atoms with Gasteiger partial charge in [-0.15, -0.1) is 5.10 Å². The molecule has 0 aliphatic heterocycles. The number of hydrogen-bond donors (Lipinski definition) is 1. The highest BCUT2D eigenvalue weighted by Crippen LogP contribution is 2.12. The van der Waals surface area contributed by atoms with Crippen molar-refractivity contribution in [3.05, 3.63) is 5.82 Å². The van der Waals surface area contributed by atoms with Crippen LogP contribution in [-0.4, -0.2) is 27.3 Å². The van der Waals surface area contributed by atoms with Gasteiger partial charge in [-0.3, -0.25) is 0 Å². The van der Waals surface area contributed by atoms with Crippen molar-refractivity contribution in [2.24, 2.45) is 0 Å². The minimum Gasteiger partial charge on any atom is -0.313 e. The predicted octanol–water partition coefficient (Wildman–Crippen LogP) is 0.147. The van der Waals surface area contributed by atoms with Crippen LogP contribution in [-0.2, 0) is 12.1 Å². The molecule has 0 unspecified atom stereocenters. The number of nitrogens with zero attached hydrogens (tertiary/aromatic N) is 4. The fourth-order valence-corrected chi connectivity index (χ4v) is 0.995. The van der Waals surface area contributed by atoms with Gasteiger partial charge < -0.3 is 5.32 Å². The molecule has 0 aliphatic rings. The molecule has 68 valence electrons. The molecule has 5 heteroatoms. The average Bonchev–Trinajstić information content (AvgIpc) is 2.34. The molecule has 12 heavy (non-hydrogen) atoms. The monoisotopic (exact) mass is 169 g/mol. The molecule has 1 heterocycles. The fourth-order valence-electron chi connectivity index (χ4n) is 0.995. The van der Waals surface area contributed by atoms with Crippen LogP contribution in [0.5, 0.6) is 0 Å². The number of nitrogens with one attached hydrogen (secondary N) is 1. The third kappa shape index (κ3) is 1.79. The van der Waals surface area contributed by atoms with Crippen LogP contribution in [0.4, 0.5) is 0 Å². The molecule has 0 aliphatic carbocycles. The fraction of sp³-hybridized carbons (Fsp3) is 0.857. The molecule has 1 N–H and O–H groups in total. The van der Waals surface area contributed by atoms with Crippen LogP contribution in [0.3, 0.4) is 0 Å². The summed E-state index contributed by atoms with van der Waals surface area (Å²) < 4.78 is 1.82. The van der Waals surface area contributed by atoms with E-state index in [9.17, 15) is 0 Å². The van der Waals surface area contributed by atoms with Crippen molar-refractivity contribution in [1.82, 2.24) is 25.5 Å². The molecule has 1 aromatic heterocycles. The van der Waals surface area contributed by atoms with E-state index in [2.05, 4.69) is 41.6 Å². The van der Waals surface area contributed by atoms with Crippen molar-refractivity contribution in [2.75, 3.05) is 7.05 Å². The first kappa shape index (κ1) is 9.12. The first-order chi connectivity index (χ1) is 5.55. The molecular weight excluding hydrogens is 154 g/mol. The van der Waals surface area contributed by atoms with Crippen LogP contribution < -0.4 is 5.32 Å². The molecule has 0 saturated carbocycles. The highest BCUT2D eigenvalue weighted by molar-refractivity contribution is 4.85. The molecule has 1 aromatic rings. The second-order valence-corrected chi connectivity index (χ2v) is 3.71. The third-order valence-electron chi connectivity index (χ3n) is 1.50. The lowest BCUT2D eigenvalue weighted by Gasteiger charge is -2.19. The molecule has 0 amide bonds. The quantitative estimate of drug-likeness (QED) is 0.684. The SMILES string of the molecule is CNCc1nnnn1C(C)(C)C. The second-order valence-electron chi connectivity index (χ2n) is 3.71. The smallest absolute Gasteiger partial charge is 0.165 e. The lowest BCUT2D eigenvalue weighted by Crippen LogP contribution is -2.27. The van der Waals surface area contributed by atoms with Gasteiger partial charge in [-0.2, -0.15) is 0 Å². The first-order valence-electron chi connectivity index (χ1n) is 3.98. The largest absolute Gasteiger partial charge is 0.313 e. The zero-order valence-corrected chi connectivity index (χ0v) is 8.00. The van der Waals surface area contributed by atoms with Crippen molar-refractivity contribution < 1.29 is 0 Å². The first-order valence-corrected chi connectivity index (χ1v) is 3.98. The van der Waals surface area contributed by atoms with E-state index in [1.807, 2.05) is 11.7 Å². The topological polar surface area (TPSA) is 55.6 Å². The maximum Gasteiger partial charge on any atom is 0.165 e. The zero-order valence-electron chi connectivity index (χ0n) is 8.00. The van der Waals surface area contributed by atoms with E-state index in [4.69, 9.17) is 0 Å². The van der Waals surface area contributed by atoms with E-state index in [-0.39, 0.29) is 5.54 Å². The summed E-state index contributed by atoms with van der Waals surface area (Å²) >= 11 is 0. The number of aromatic nitrogens is 4. The summed E-state index contributed by atoms with van der Waals surface area (Å²) in [6.07, 6.45) is 0. The summed E-state index contributed by atoms with van der Waals surface area (Å²) in [5.74, 6) is 0.866. The van der Waals surface area contributed by atoms with Gasteiger partial charge in [0.25, 0.3) is 0 Å². The Kier molecular flexibility index (Phi) is 2.42. The predicted molar refractivity (Wildman–Crippen MR) is 45.6 cm³/mol. The molecule has 5 nitrogen and oxygen atoms in total. The molecule has 0 atom stereocenters. The molecule has 0 bridgehead atoms. The Morgan fingerprint density at radius 2 is 2.08 bits per heavy atom. The van der Waals surface area contributed by atoms with Gasteiger partial charge in [0.05, 0.1) is 12.1 Å². The summed E-state index contributed by atoms with van der Waals surface area (Å²) in [4.78, 5) is 0. The normalized spacial score (nSPS) is 12.0. The van der Waals surface area contributed by atoms with E-state index in [1.165, 1.54) is 0 Å². The molecule has 0 spiro atoms. The molecule has 0 fully saturated rings. The van der Waals surface area contributed by atoms with E-state index in [0.717, 1.165) is 5.82 Å². The van der Waals surface area contributed by atoms with Crippen molar-refractivity contribution in [3.8, 4) is 0 Å². The maximum atomic E-state index is 3.92. The zero-order chi connectivity index (χ0) is 9.19. The minimum atomic E-state index is -0.0459. The molecule has 1 rings (SSSR count). The summed E-state index contributed by atoms with van der Waals surface area (Å²) in [5, 5.41) is 14.5. The van der Waals surface area contributed by atoms with E-state index >= 15 is 0 Å². The van der Waals surface area contributed by atoms with Crippen molar-refractivity contribution in [2.45, 2.75) is 32.9 Å². The Morgan fingerprint density at radius 3 is 2.58 bits per heavy atom. The Morgan fingerprint density at radius 1 is 1.42 bits per heavy atom. The van der Waals surface area contributed by atoms with Crippen LogP contribution in [0.25, 0.3) is 0 Å². The van der Waals surface area contributed by atoms with Gasteiger partial charge >= 0.3 is 0 Å². The van der Waals surface area contributed by atoms with Crippen molar-refractivity contribution >= 4 is 0 Å². The van der Waals surface area contributed by atoms with E-state index in [1.54, 1.807) is 0 Å². The third-order valence-corrected chi connectivity index (χ3v) is 1.50. The van der Waals surface area contributed by atoms with Gasteiger partial charge in [-0.1, -0.05) is 0 Å². The van der Waals surface area contributed by atoms with Gasteiger partial charge in [-0.25, -0.2) is 4.68 Å². The average molecular weight is 169 g/mol. The lowest BCUT2D eigenvalue weighted by molar-refractivity contribution is 0.333. The van der Waals surface area contributed by atoms with Gasteiger partial charge in [0, 0.05) is 0 Å². The van der Waals surface area contributed by atoms with E-state index < -0.39 is 0 Å². The van der Waals surface area contributed by atoms with Crippen molar-refractivity contribution in [1.29, 1.82) is 0 Å². The van der Waals surface area contributed by atoms with Crippen LogP contribution >= 0.6 is 0 Å². The molecule has 0 saturated heterocycles. The molecule has 0 radical (unpaired) electrons. The van der Waals surface area contributed by atoms with E-state index in [0.29, 0.717) is 6.54 Å². The van der Waals surface area contributed by atoms with Crippen molar-refractivity contribution in [3.63, 3.8) is 0 Å².